The molecular weight excluding hydrogens is 332 g/mol. The van der Waals surface area contributed by atoms with Crippen LogP contribution in [0.4, 0.5) is 5.69 Å². The normalized spacial score (nSPS) is 18.4. The first-order valence-electron chi connectivity index (χ1n) is 9.52. The molecule has 0 unspecified atom stereocenters. The topological polar surface area (TPSA) is 58.2 Å². The van der Waals surface area contributed by atoms with Crippen molar-refractivity contribution >= 4 is 29.3 Å². The number of hydrogen-bond donors (Lipinski definition) is 2. The predicted molar refractivity (Wildman–Crippen MR) is 103 cm³/mol. The van der Waals surface area contributed by atoms with Gasteiger partial charge in [-0.3, -0.25) is 9.59 Å². The number of rotatable bonds is 7. The molecule has 2 N–H and O–H groups in total. The van der Waals surface area contributed by atoms with Gasteiger partial charge in [-0.05, 0) is 55.9 Å². The first-order valence-corrected chi connectivity index (χ1v) is 10.4. The summed E-state index contributed by atoms with van der Waals surface area (Å²) in [7, 11) is 0. The Balaban J connectivity index is 1.37. The Kier molecular flexibility index (Phi) is 6.79. The number of carbonyl (C=O) groups is 2. The minimum atomic E-state index is -0.170. The van der Waals surface area contributed by atoms with Gasteiger partial charge in [0.05, 0.1) is 6.54 Å². The van der Waals surface area contributed by atoms with Crippen LogP contribution in [0.1, 0.15) is 57.8 Å². The van der Waals surface area contributed by atoms with E-state index in [0.29, 0.717) is 12.3 Å². The molecule has 136 valence electrons. The number of nitrogens with one attached hydrogen (secondary N) is 2. The van der Waals surface area contributed by atoms with Gasteiger partial charge in [0.1, 0.15) is 0 Å². The SMILES string of the molecule is O=C(CC1CCCC1)NCC(=O)Nc1ccc(SC2CCCC2)cc1. The van der Waals surface area contributed by atoms with E-state index in [1.807, 2.05) is 23.9 Å². The molecule has 0 radical (unpaired) electrons. The van der Waals surface area contributed by atoms with Crippen LogP contribution in [0.25, 0.3) is 0 Å². The van der Waals surface area contributed by atoms with Crippen molar-refractivity contribution in [3.8, 4) is 0 Å². The Hall–Kier alpha value is -1.49. The van der Waals surface area contributed by atoms with E-state index in [4.69, 9.17) is 0 Å². The van der Waals surface area contributed by atoms with Crippen LogP contribution in [0.2, 0.25) is 0 Å². The molecule has 2 aliphatic rings. The van der Waals surface area contributed by atoms with Crippen LogP contribution >= 0.6 is 11.8 Å². The quantitative estimate of drug-likeness (QED) is 0.760. The highest BCUT2D eigenvalue weighted by atomic mass is 32.2. The summed E-state index contributed by atoms with van der Waals surface area (Å²) in [5.41, 5.74) is 0.783. The van der Waals surface area contributed by atoms with Gasteiger partial charge in [0.2, 0.25) is 11.8 Å². The summed E-state index contributed by atoms with van der Waals surface area (Å²) in [5.74, 6) is 0.328. The smallest absolute Gasteiger partial charge is 0.243 e. The van der Waals surface area contributed by atoms with Crippen LogP contribution in [-0.2, 0) is 9.59 Å². The monoisotopic (exact) mass is 360 g/mol. The maximum atomic E-state index is 12.0. The highest BCUT2D eigenvalue weighted by Gasteiger charge is 2.19. The van der Waals surface area contributed by atoms with E-state index < -0.39 is 0 Å². The molecule has 1 aromatic rings. The first kappa shape index (κ1) is 18.3. The number of carbonyl (C=O) groups excluding carboxylic acids is 2. The lowest BCUT2D eigenvalue weighted by atomic mass is 10.0. The average Bonchev–Trinajstić information content (AvgIpc) is 3.29. The molecule has 0 spiro atoms. The zero-order valence-corrected chi connectivity index (χ0v) is 15.6. The fourth-order valence-corrected chi connectivity index (χ4v) is 5.00. The number of thioether (sulfide) groups is 1. The third-order valence-corrected chi connectivity index (χ3v) is 6.49. The maximum absolute atomic E-state index is 12.0. The second kappa shape index (κ2) is 9.27. The maximum Gasteiger partial charge on any atom is 0.243 e. The summed E-state index contributed by atoms with van der Waals surface area (Å²) in [6, 6.07) is 8.01. The second-order valence-electron chi connectivity index (χ2n) is 7.23. The molecular formula is C20H28N2O2S. The minimum Gasteiger partial charge on any atom is -0.347 e. The van der Waals surface area contributed by atoms with Gasteiger partial charge >= 0.3 is 0 Å². The largest absolute Gasteiger partial charge is 0.347 e. The lowest BCUT2D eigenvalue weighted by Crippen LogP contribution is -2.33. The van der Waals surface area contributed by atoms with Crippen LogP contribution < -0.4 is 10.6 Å². The summed E-state index contributed by atoms with van der Waals surface area (Å²) in [4.78, 5) is 25.1. The van der Waals surface area contributed by atoms with E-state index >= 15 is 0 Å². The Bertz CT molecular complexity index is 576. The molecule has 2 fully saturated rings. The summed E-state index contributed by atoms with van der Waals surface area (Å²) < 4.78 is 0. The summed E-state index contributed by atoms with van der Waals surface area (Å²) >= 11 is 1.94. The first-order chi connectivity index (χ1) is 12.2. The minimum absolute atomic E-state index is 0.00892. The van der Waals surface area contributed by atoms with E-state index in [0.717, 1.165) is 23.8 Å². The van der Waals surface area contributed by atoms with Crippen LogP contribution in [-0.4, -0.2) is 23.6 Å². The van der Waals surface area contributed by atoms with Crippen molar-refractivity contribution < 1.29 is 9.59 Å². The van der Waals surface area contributed by atoms with Gasteiger partial charge in [-0.25, -0.2) is 0 Å². The van der Waals surface area contributed by atoms with Crippen LogP contribution in [0, 0.1) is 5.92 Å². The Morgan fingerprint density at radius 3 is 2.24 bits per heavy atom. The van der Waals surface area contributed by atoms with Crippen molar-refractivity contribution in [1.82, 2.24) is 5.32 Å². The molecule has 0 bridgehead atoms. The van der Waals surface area contributed by atoms with Gasteiger partial charge in [-0.1, -0.05) is 25.7 Å². The lowest BCUT2D eigenvalue weighted by Gasteiger charge is -2.11. The Morgan fingerprint density at radius 1 is 0.920 bits per heavy atom. The number of benzene rings is 1. The van der Waals surface area contributed by atoms with Gasteiger partial charge < -0.3 is 10.6 Å². The van der Waals surface area contributed by atoms with Crippen molar-refractivity contribution in [2.45, 2.75) is 67.9 Å². The molecule has 0 heterocycles. The molecule has 4 nitrogen and oxygen atoms in total. The summed E-state index contributed by atoms with van der Waals surface area (Å²) in [5, 5.41) is 6.33. The molecule has 0 aromatic heterocycles. The fraction of sp³-hybridized carbons (Fsp3) is 0.600. The van der Waals surface area contributed by atoms with Gasteiger partial charge in [-0.15, -0.1) is 11.8 Å². The highest BCUT2D eigenvalue weighted by molar-refractivity contribution is 8.00. The average molecular weight is 361 g/mol. The molecule has 0 aliphatic heterocycles. The van der Waals surface area contributed by atoms with E-state index in [1.165, 1.54) is 43.4 Å². The van der Waals surface area contributed by atoms with Crippen LogP contribution in [0.3, 0.4) is 0 Å². The summed E-state index contributed by atoms with van der Waals surface area (Å²) in [6.45, 7) is 0.0458. The van der Waals surface area contributed by atoms with Gasteiger partial charge in [-0.2, -0.15) is 0 Å². The lowest BCUT2D eigenvalue weighted by molar-refractivity contribution is -0.124. The zero-order valence-electron chi connectivity index (χ0n) is 14.8. The van der Waals surface area contributed by atoms with Crippen molar-refractivity contribution in [1.29, 1.82) is 0 Å². The van der Waals surface area contributed by atoms with E-state index in [9.17, 15) is 9.59 Å². The van der Waals surface area contributed by atoms with E-state index in [2.05, 4.69) is 22.8 Å². The standard InChI is InChI=1S/C20H28N2O2S/c23-19(13-15-5-1-2-6-15)21-14-20(24)22-16-9-11-18(12-10-16)25-17-7-3-4-8-17/h9-12,15,17H,1-8,13-14H2,(H,21,23)(H,22,24). The van der Waals surface area contributed by atoms with Crippen molar-refractivity contribution in [3.05, 3.63) is 24.3 Å². The molecule has 2 saturated carbocycles. The van der Waals surface area contributed by atoms with Gasteiger partial charge in [0, 0.05) is 22.3 Å². The number of anilines is 1. The molecule has 5 heteroatoms. The molecule has 3 rings (SSSR count). The molecule has 1 aromatic carbocycles. The molecule has 2 aliphatic carbocycles. The Labute approximate surface area is 154 Å². The second-order valence-corrected chi connectivity index (χ2v) is 8.60. The molecule has 0 saturated heterocycles. The van der Waals surface area contributed by atoms with Crippen molar-refractivity contribution in [2.24, 2.45) is 5.92 Å². The fourth-order valence-electron chi connectivity index (χ4n) is 3.75. The summed E-state index contributed by atoms with van der Waals surface area (Å²) in [6.07, 6.45) is 10.6. The molecule has 2 amide bonds. The van der Waals surface area contributed by atoms with Gasteiger partial charge in [0.15, 0.2) is 0 Å². The predicted octanol–water partition coefficient (Wildman–Crippen LogP) is 4.36. The van der Waals surface area contributed by atoms with E-state index in [1.54, 1.807) is 0 Å². The van der Waals surface area contributed by atoms with Crippen LogP contribution in [0.5, 0.6) is 0 Å². The number of hydrogen-bond acceptors (Lipinski definition) is 3. The van der Waals surface area contributed by atoms with Crippen molar-refractivity contribution in [2.75, 3.05) is 11.9 Å². The molecule has 25 heavy (non-hydrogen) atoms. The third-order valence-electron chi connectivity index (χ3n) is 5.14. The number of amides is 2. The van der Waals surface area contributed by atoms with Gasteiger partial charge in [0.25, 0.3) is 0 Å². The van der Waals surface area contributed by atoms with E-state index in [-0.39, 0.29) is 18.4 Å². The third kappa shape index (κ3) is 6.07. The zero-order chi connectivity index (χ0) is 17.5. The van der Waals surface area contributed by atoms with Crippen molar-refractivity contribution in [3.63, 3.8) is 0 Å². The highest BCUT2D eigenvalue weighted by Crippen LogP contribution is 2.34. The van der Waals surface area contributed by atoms with Crippen LogP contribution in [0.15, 0.2) is 29.2 Å². The Morgan fingerprint density at radius 2 is 1.56 bits per heavy atom. The molecule has 0 atom stereocenters.